The molecule has 0 aliphatic rings. The molecule has 0 aliphatic heterocycles. The number of nitriles is 1. The van der Waals surface area contributed by atoms with Crippen molar-refractivity contribution in [3.63, 3.8) is 0 Å². The number of carboxylic acids is 1. The van der Waals surface area contributed by atoms with E-state index in [0.717, 1.165) is 0 Å². The van der Waals surface area contributed by atoms with Crippen LogP contribution in [0.5, 0.6) is 0 Å². The number of hydrogen-bond acceptors (Lipinski definition) is 3. The first-order valence-corrected chi connectivity index (χ1v) is 6.11. The highest BCUT2D eigenvalue weighted by atomic mass is 19.4. The van der Waals surface area contributed by atoms with Crippen molar-refractivity contribution < 1.29 is 23.1 Å². The van der Waals surface area contributed by atoms with Gasteiger partial charge in [-0.3, -0.25) is 4.79 Å². The highest BCUT2D eigenvalue weighted by Crippen LogP contribution is 2.25. The van der Waals surface area contributed by atoms with Gasteiger partial charge in [0.1, 0.15) is 0 Å². The Morgan fingerprint density at radius 1 is 1.37 bits per heavy atom. The monoisotopic (exact) mass is 280 g/mol. The van der Waals surface area contributed by atoms with Crippen molar-refractivity contribution in [1.29, 1.82) is 5.26 Å². The summed E-state index contributed by atoms with van der Waals surface area (Å²) < 4.78 is 36.9. The topological polar surface area (TPSA) is 73.1 Å². The van der Waals surface area contributed by atoms with Crippen molar-refractivity contribution in [2.45, 2.75) is 45.3 Å². The Bertz CT molecular complexity index is 326. The van der Waals surface area contributed by atoms with Crippen LogP contribution < -0.4 is 5.32 Å². The maximum Gasteiger partial charge on any atom is 0.405 e. The van der Waals surface area contributed by atoms with Crippen LogP contribution in [0.25, 0.3) is 0 Å². The molecule has 0 aromatic heterocycles. The zero-order valence-electron chi connectivity index (χ0n) is 11.0. The van der Waals surface area contributed by atoms with Crippen molar-refractivity contribution >= 4 is 5.97 Å². The summed E-state index contributed by atoms with van der Waals surface area (Å²) in [4.78, 5) is 10.6. The molecule has 0 saturated carbocycles. The summed E-state index contributed by atoms with van der Waals surface area (Å²) in [7, 11) is 0. The van der Waals surface area contributed by atoms with Crippen molar-refractivity contribution in [3.05, 3.63) is 0 Å². The summed E-state index contributed by atoms with van der Waals surface area (Å²) in [5.74, 6) is -3.33. The molecule has 0 radical (unpaired) electrons. The number of alkyl halides is 3. The summed E-state index contributed by atoms with van der Waals surface area (Å²) in [6, 6.07) is 1.04. The third-order valence-corrected chi connectivity index (χ3v) is 2.92. The van der Waals surface area contributed by atoms with E-state index in [1.165, 1.54) is 6.07 Å². The zero-order chi connectivity index (χ0) is 15.1. The van der Waals surface area contributed by atoms with Gasteiger partial charge in [0, 0.05) is 12.6 Å². The standard InChI is InChI=1S/C12H19F3N2O2/c1-8(11(18)19)4-3-5-9(2)17-7-10(6-16)12(13,14)15/h8-10,17H,3-5,7H2,1-2H3,(H,18,19). The van der Waals surface area contributed by atoms with Gasteiger partial charge in [-0.05, 0) is 19.8 Å². The minimum Gasteiger partial charge on any atom is -0.481 e. The van der Waals surface area contributed by atoms with Crippen LogP contribution in [0.15, 0.2) is 0 Å². The van der Waals surface area contributed by atoms with Crippen LogP contribution in [0.3, 0.4) is 0 Å². The SMILES string of the molecule is CC(CCCC(C)C(=O)O)NCC(C#N)C(F)(F)F. The fraction of sp³-hybridized carbons (Fsp3) is 0.833. The smallest absolute Gasteiger partial charge is 0.405 e. The van der Waals surface area contributed by atoms with Crippen LogP contribution >= 0.6 is 0 Å². The first kappa shape index (κ1) is 17.7. The second-order valence-electron chi connectivity index (χ2n) is 4.70. The summed E-state index contributed by atoms with van der Waals surface area (Å²) >= 11 is 0. The van der Waals surface area contributed by atoms with E-state index in [0.29, 0.717) is 19.3 Å². The molecule has 0 heterocycles. The normalized spacial score (nSPS) is 16.4. The van der Waals surface area contributed by atoms with Gasteiger partial charge in [-0.25, -0.2) is 0 Å². The van der Waals surface area contributed by atoms with E-state index in [4.69, 9.17) is 10.4 Å². The third-order valence-electron chi connectivity index (χ3n) is 2.92. The molecule has 110 valence electrons. The molecule has 0 aromatic carbocycles. The molecule has 3 atom stereocenters. The highest BCUT2D eigenvalue weighted by molar-refractivity contribution is 5.69. The molecular weight excluding hydrogens is 261 g/mol. The number of halogens is 3. The van der Waals surface area contributed by atoms with Gasteiger partial charge < -0.3 is 10.4 Å². The van der Waals surface area contributed by atoms with Gasteiger partial charge >= 0.3 is 12.1 Å². The van der Waals surface area contributed by atoms with Gasteiger partial charge in [0.15, 0.2) is 5.92 Å². The van der Waals surface area contributed by atoms with Gasteiger partial charge in [0.2, 0.25) is 0 Å². The highest BCUT2D eigenvalue weighted by Gasteiger charge is 2.39. The van der Waals surface area contributed by atoms with Gasteiger partial charge in [-0.2, -0.15) is 18.4 Å². The van der Waals surface area contributed by atoms with Crippen LogP contribution in [0.4, 0.5) is 13.2 Å². The van der Waals surface area contributed by atoms with Gasteiger partial charge in [0.25, 0.3) is 0 Å². The van der Waals surface area contributed by atoms with E-state index < -0.39 is 30.5 Å². The molecule has 2 N–H and O–H groups in total. The fourth-order valence-corrected chi connectivity index (χ4v) is 1.51. The Balaban J connectivity index is 3.91. The van der Waals surface area contributed by atoms with Crippen molar-refractivity contribution in [2.75, 3.05) is 6.54 Å². The minimum absolute atomic E-state index is 0.181. The van der Waals surface area contributed by atoms with E-state index in [1.807, 2.05) is 0 Å². The molecule has 7 heteroatoms. The number of nitrogens with zero attached hydrogens (tertiary/aromatic N) is 1. The molecule has 0 saturated heterocycles. The van der Waals surface area contributed by atoms with Gasteiger partial charge in [-0.15, -0.1) is 0 Å². The van der Waals surface area contributed by atoms with E-state index in [9.17, 15) is 18.0 Å². The summed E-state index contributed by atoms with van der Waals surface area (Å²) in [5, 5.41) is 19.7. The molecule has 0 aliphatic carbocycles. The largest absolute Gasteiger partial charge is 0.481 e. The lowest BCUT2D eigenvalue weighted by Crippen LogP contribution is -2.37. The van der Waals surface area contributed by atoms with E-state index >= 15 is 0 Å². The predicted molar refractivity (Wildman–Crippen MR) is 63.3 cm³/mol. The molecule has 0 bridgehead atoms. The summed E-state index contributed by atoms with van der Waals surface area (Å²) in [5.41, 5.74) is 0. The zero-order valence-corrected chi connectivity index (χ0v) is 11.0. The van der Waals surface area contributed by atoms with Gasteiger partial charge in [-0.1, -0.05) is 13.3 Å². The maximum absolute atomic E-state index is 12.3. The molecule has 4 nitrogen and oxygen atoms in total. The minimum atomic E-state index is -4.51. The number of aliphatic carboxylic acids is 1. The Labute approximate surface area is 110 Å². The number of hydrogen-bond donors (Lipinski definition) is 2. The molecule has 0 fully saturated rings. The van der Waals surface area contributed by atoms with Crippen LogP contribution in [0.2, 0.25) is 0 Å². The quantitative estimate of drug-likeness (QED) is 0.716. The molecule has 0 aromatic rings. The Morgan fingerprint density at radius 3 is 2.37 bits per heavy atom. The molecule has 0 spiro atoms. The lowest BCUT2D eigenvalue weighted by molar-refractivity contribution is -0.158. The fourth-order valence-electron chi connectivity index (χ4n) is 1.51. The van der Waals surface area contributed by atoms with E-state index in [2.05, 4.69) is 5.32 Å². The number of rotatable bonds is 8. The average molecular weight is 280 g/mol. The van der Waals surface area contributed by atoms with Crippen LogP contribution in [-0.4, -0.2) is 29.8 Å². The lowest BCUT2D eigenvalue weighted by atomic mass is 10.0. The van der Waals surface area contributed by atoms with E-state index in [1.54, 1.807) is 13.8 Å². The van der Waals surface area contributed by atoms with Crippen molar-refractivity contribution in [2.24, 2.45) is 11.8 Å². The second kappa shape index (κ2) is 8.00. The second-order valence-corrected chi connectivity index (χ2v) is 4.70. The number of carboxylic acid groups (broad SMARTS) is 1. The molecular formula is C12H19F3N2O2. The van der Waals surface area contributed by atoms with E-state index in [-0.39, 0.29) is 6.04 Å². The Kier molecular flexibility index (Phi) is 7.45. The average Bonchev–Trinajstić information content (AvgIpc) is 2.27. The van der Waals surface area contributed by atoms with Gasteiger partial charge in [0.05, 0.1) is 12.0 Å². The van der Waals surface area contributed by atoms with Crippen LogP contribution in [0, 0.1) is 23.2 Å². The molecule has 0 amide bonds. The molecule has 3 unspecified atom stereocenters. The third kappa shape index (κ3) is 7.67. The Hall–Kier alpha value is -1.29. The van der Waals surface area contributed by atoms with Crippen LogP contribution in [-0.2, 0) is 4.79 Å². The predicted octanol–water partition coefficient (Wildman–Crippen LogP) is 2.56. The summed E-state index contributed by atoms with van der Waals surface area (Å²) in [6.45, 7) is 2.88. The first-order chi connectivity index (χ1) is 8.68. The first-order valence-electron chi connectivity index (χ1n) is 6.11. The molecule has 0 rings (SSSR count). The lowest BCUT2D eigenvalue weighted by Gasteiger charge is -2.18. The number of carbonyl (C=O) groups is 1. The van der Waals surface area contributed by atoms with Crippen molar-refractivity contribution in [3.8, 4) is 6.07 Å². The molecule has 19 heavy (non-hydrogen) atoms. The number of nitrogens with one attached hydrogen (secondary N) is 1. The van der Waals surface area contributed by atoms with Crippen LogP contribution in [0.1, 0.15) is 33.1 Å². The summed E-state index contributed by atoms with van der Waals surface area (Å²) in [6.07, 6.45) is -2.83. The van der Waals surface area contributed by atoms with Crippen molar-refractivity contribution in [1.82, 2.24) is 5.32 Å². The Morgan fingerprint density at radius 2 is 1.95 bits per heavy atom. The maximum atomic E-state index is 12.3.